The van der Waals surface area contributed by atoms with Crippen LogP contribution < -0.4 is 15.4 Å². The number of methoxy groups -OCH3 is 1. The van der Waals surface area contributed by atoms with Gasteiger partial charge in [0.15, 0.2) is 0 Å². The van der Waals surface area contributed by atoms with Gasteiger partial charge in [0, 0.05) is 24.5 Å². The Morgan fingerprint density at radius 2 is 2.14 bits per heavy atom. The van der Waals surface area contributed by atoms with E-state index in [2.05, 4.69) is 10.6 Å². The second-order valence-corrected chi connectivity index (χ2v) is 5.82. The van der Waals surface area contributed by atoms with Crippen molar-refractivity contribution in [3.8, 4) is 5.75 Å². The number of halogens is 1. The fraction of sp³-hybridized carbons (Fsp3) is 0.467. The molecule has 0 spiro atoms. The van der Waals surface area contributed by atoms with Gasteiger partial charge in [-0.15, -0.1) is 0 Å². The molecule has 2 rings (SSSR count). The molecule has 0 aliphatic heterocycles. The molecule has 22 heavy (non-hydrogen) atoms. The van der Waals surface area contributed by atoms with E-state index in [0.29, 0.717) is 35.8 Å². The van der Waals surface area contributed by atoms with Crippen LogP contribution in [0.2, 0.25) is 5.02 Å². The first kappa shape index (κ1) is 16.4. The van der Waals surface area contributed by atoms with Gasteiger partial charge in [-0.3, -0.25) is 9.59 Å². The van der Waals surface area contributed by atoms with Gasteiger partial charge in [-0.25, -0.2) is 0 Å². The minimum absolute atomic E-state index is 0.180. The first-order valence-electron chi connectivity index (χ1n) is 7.04. The standard InChI is InChI=1S/C15H19ClN2O4/c1-22-12-3-2-10(16)8-11(12)17-7-4-13(19)18-9-15(5-6-15)14(20)21/h2-3,8,17H,4-7,9H2,1H3,(H,18,19)(H,20,21). The van der Waals surface area contributed by atoms with Crippen LogP contribution in [0.15, 0.2) is 18.2 Å². The summed E-state index contributed by atoms with van der Waals surface area (Å²) in [7, 11) is 1.56. The second-order valence-electron chi connectivity index (χ2n) is 5.38. The van der Waals surface area contributed by atoms with E-state index in [0.717, 1.165) is 0 Å². The van der Waals surface area contributed by atoms with Crippen molar-refractivity contribution < 1.29 is 19.4 Å². The summed E-state index contributed by atoms with van der Waals surface area (Å²) in [6.45, 7) is 0.601. The van der Waals surface area contributed by atoms with E-state index in [4.69, 9.17) is 21.4 Å². The molecule has 1 amide bonds. The van der Waals surface area contributed by atoms with Crippen molar-refractivity contribution in [1.82, 2.24) is 5.32 Å². The van der Waals surface area contributed by atoms with Crippen LogP contribution in [0.25, 0.3) is 0 Å². The predicted octanol–water partition coefficient (Wildman–Crippen LogP) is 2.13. The van der Waals surface area contributed by atoms with Crippen molar-refractivity contribution >= 4 is 29.2 Å². The molecule has 0 heterocycles. The molecule has 0 bridgehead atoms. The van der Waals surface area contributed by atoms with E-state index in [9.17, 15) is 9.59 Å². The number of benzene rings is 1. The Bertz CT molecular complexity index is 573. The fourth-order valence-corrected chi connectivity index (χ4v) is 2.27. The smallest absolute Gasteiger partial charge is 0.311 e. The fourth-order valence-electron chi connectivity index (χ4n) is 2.10. The SMILES string of the molecule is COc1ccc(Cl)cc1NCCC(=O)NCC1(C(=O)O)CC1. The number of hydrogen-bond donors (Lipinski definition) is 3. The van der Waals surface area contributed by atoms with Crippen LogP contribution in [0.4, 0.5) is 5.69 Å². The van der Waals surface area contributed by atoms with Gasteiger partial charge in [0.25, 0.3) is 0 Å². The normalized spacial score (nSPS) is 15.0. The number of anilines is 1. The van der Waals surface area contributed by atoms with Gasteiger partial charge in [-0.2, -0.15) is 0 Å². The maximum Gasteiger partial charge on any atom is 0.311 e. The summed E-state index contributed by atoms with van der Waals surface area (Å²) < 4.78 is 5.20. The summed E-state index contributed by atoms with van der Waals surface area (Å²) in [5.74, 6) is -0.372. The largest absolute Gasteiger partial charge is 0.495 e. The maximum absolute atomic E-state index is 11.8. The van der Waals surface area contributed by atoms with Crippen molar-refractivity contribution in [1.29, 1.82) is 0 Å². The first-order valence-corrected chi connectivity index (χ1v) is 7.42. The number of rotatable bonds is 8. The van der Waals surface area contributed by atoms with Crippen molar-refractivity contribution in [3.05, 3.63) is 23.2 Å². The van der Waals surface area contributed by atoms with Gasteiger partial charge < -0.3 is 20.5 Å². The van der Waals surface area contributed by atoms with Gasteiger partial charge in [0.1, 0.15) is 5.75 Å². The van der Waals surface area contributed by atoms with Crippen LogP contribution in [-0.4, -0.2) is 37.2 Å². The Morgan fingerprint density at radius 3 is 2.73 bits per heavy atom. The van der Waals surface area contributed by atoms with Gasteiger partial charge in [-0.1, -0.05) is 11.6 Å². The summed E-state index contributed by atoms with van der Waals surface area (Å²) in [6, 6.07) is 5.19. The molecular formula is C15H19ClN2O4. The number of nitrogens with one attached hydrogen (secondary N) is 2. The highest BCUT2D eigenvalue weighted by Gasteiger charge is 2.50. The number of carboxylic acid groups (broad SMARTS) is 1. The van der Waals surface area contributed by atoms with E-state index in [1.807, 2.05) is 0 Å². The maximum atomic E-state index is 11.8. The molecule has 7 heteroatoms. The average molecular weight is 327 g/mol. The van der Waals surface area contributed by atoms with Crippen LogP contribution in [0, 0.1) is 5.41 Å². The molecule has 0 aromatic heterocycles. The molecule has 1 aromatic carbocycles. The van der Waals surface area contributed by atoms with E-state index >= 15 is 0 Å². The zero-order valence-corrected chi connectivity index (χ0v) is 13.1. The summed E-state index contributed by atoms with van der Waals surface area (Å²) >= 11 is 5.92. The van der Waals surface area contributed by atoms with Crippen molar-refractivity contribution in [3.63, 3.8) is 0 Å². The molecule has 1 fully saturated rings. The molecule has 1 aromatic rings. The van der Waals surface area contributed by atoms with Crippen molar-refractivity contribution in [2.75, 3.05) is 25.5 Å². The van der Waals surface area contributed by atoms with Crippen molar-refractivity contribution in [2.24, 2.45) is 5.41 Å². The van der Waals surface area contributed by atoms with Crippen molar-refractivity contribution in [2.45, 2.75) is 19.3 Å². The lowest BCUT2D eigenvalue weighted by molar-refractivity contribution is -0.143. The Hall–Kier alpha value is -1.95. The second kappa shape index (κ2) is 6.87. The highest BCUT2D eigenvalue weighted by Crippen LogP contribution is 2.45. The Balaban J connectivity index is 1.75. The van der Waals surface area contributed by atoms with Crippen LogP contribution in [0.5, 0.6) is 5.75 Å². The van der Waals surface area contributed by atoms with Crippen LogP contribution in [0.3, 0.4) is 0 Å². The van der Waals surface area contributed by atoms with Gasteiger partial charge in [-0.05, 0) is 31.0 Å². The number of amides is 1. The molecule has 1 saturated carbocycles. The number of carboxylic acids is 1. The lowest BCUT2D eigenvalue weighted by Crippen LogP contribution is -2.34. The minimum atomic E-state index is -0.838. The Kier molecular flexibility index (Phi) is 5.13. The van der Waals surface area contributed by atoms with E-state index in [1.165, 1.54) is 0 Å². The minimum Gasteiger partial charge on any atom is -0.495 e. The number of aliphatic carboxylic acids is 1. The molecule has 0 radical (unpaired) electrons. The van der Waals surface area contributed by atoms with Gasteiger partial charge in [0.05, 0.1) is 18.2 Å². The molecule has 1 aliphatic rings. The van der Waals surface area contributed by atoms with Crippen LogP contribution >= 0.6 is 11.6 Å². The molecule has 0 atom stereocenters. The summed E-state index contributed by atoms with van der Waals surface area (Å²) in [5.41, 5.74) is -0.0220. The third kappa shape index (κ3) is 4.04. The van der Waals surface area contributed by atoms with Gasteiger partial charge in [0.2, 0.25) is 5.91 Å². The number of carbonyl (C=O) groups excluding carboxylic acids is 1. The highest BCUT2D eigenvalue weighted by molar-refractivity contribution is 6.30. The van der Waals surface area contributed by atoms with E-state index in [-0.39, 0.29) is 18.9 Å². The summed E-state index contributed by atoms with van der Waals surface area (Å²) in [5, 5.41) is 15.4. The van der Waals surface area contributed by atoms with Crippen LogP contribution in [-0.2, 0) is 9.59 Å². The lowest BCUT2D eigenvalue weighted by atomic mass is 10.1. The van der Waals surface area contributed by atoms with Gasteiger partial charge >= 0.3 is 5.97 Å². The third-order valence-corrected chi connectivity index (χ3v) is 4.00. The quantitative estimate of drug-likeness (QED) is 0.681. The molecular weight excluding hydrogens is 308 g/mol. The Labute approximate surface area is 133 Å². The summed E-state index contributed by atoms with van der Waals surface area (Å²) in [6.07, 6.45) is 1.49. The monoisotopic (exact) mass is 326 g/mol. The molecule has 120 valence electrons. The topological polar surface area (TPSA) is 87.7 Å². The average Bonchev–Trinajstić information content (AvgIpc) is 3.27. The number of ether oxygens (including phenoxy) is 1. The highest BCUT2D eigenvalue weighted by atomic mass is 35.5. The zero-order chi connectivity index (χ0) is 16.2. The molecule has 1 aliphatic carbocycles. The molecule has 6 nitrogen and oxygen atoms in total. The van der Waals surface area contributed by atoms with E-state index < -0.39 is 11.4 Å². The molecule has 0 unspecified atom stereocenters. The first-order chi connectivity index (χ1) is 10.5. The Morgan fingerprint density at radius 1 is 1.41 bits per heavy atom. The molecule has 3 N–H and O–H groups in total. The zero-order valence-electron chi connectivity index (χ0n) is 12.3. The van der Waals surface area contributed by atoms with Crippen LogP contribution in [0.1, 0.15) is 19.3 Å². The molecule has 0 saturated heterocycles. The lowest BCUT2D eigenvalue weighted by Gasteiger charge is -2.13. The van der Waals surface area contributed by atoms with E-state index in [1.54, 1.807) is 25.3 Å². The summed E-state index contributed by atoms with van der Waals surface area (Å²) in [4.78, 5) is 22.8. The third-order valence-electron chi connectivity index (χ3n) is 3.76. The predicted molar refractivity (Wildman–Crippen MR) is 83.4 cm³/mol. The number of hydrogen-bond acceptors (Lipinski definition) is 4. The number of carbonyl (C=O) groups is 2.